The predicted octanol–water partition coefficient (Wildman–Crippen LogP) is 1.10. The highest BCUT2D eigenvalue weighted by Crippen LogP contribution is 2.35. The number of aliphatic carboxylic acids is 1. The minimum Gasteiger partial charge on any atom is -0.480 e. The van der Waals surface area contributed by atoms with Gasteiger partial charge in [0, 0.05) is 12.0 Å². The standard InChI is InChI=1S/C12H22O6S/c1-5-18-11(15)12(9(2)3,10(13)14)7-6-8-19(4,16)17/h9H,5-8H2,1-4H3,(H,13,14). The summed E-state index contributed by atoms with van der Waals surface area (Å²) in [6.07, 6.45) is 1.14. The van der Waals surface area contributed by atoms with Crippen molar-refractivity contribution in [1.29, 1.82) is 0 Å². The summed E-state index contributed by atoms with van der Waals surface area (Å²) in [7, 11) is -3.18. The molecular weight excluding hydrogens is 272 g/mol. The predicted molar refractivity (Wildman–Crippen MR) is 70.5 cm³/mol. The summed E-state index contributed by atoms with van der Waals surface area (Å²) < 4.78 is 27.0. The van der Waals surface area contributed by atoms with Gasteiger partial charge in [-0.2, -0.15) is 0 Å². The van der Waals surface area contributed by atoms with Crippen LogP contribution < -0.4 is 0 Å². The molecule has 0 bridgehead atoms. The first-order valence-electron chi connectivity index (χ1n) is 6.16. The highest BCUT2D eigenvalue weighted by Gasteiger charge is 2.49. The van der Waals surface area contributed by atoms with Crippen molar-refractivity contribution in [2.75, 3.05) is 18.6 Å². The van der Waals surface area contributed by atoms with E-state index >= 15 is 0 Å². The van der Waals surface area contributed by atoms with Crippen LogP contribution in [0.15, 0.2) is 0 Å². The summed E-state index contributed by atoms with van der Waals surface area (Å²) in [5.74, 6) is -2.70. The van der Waals surface area contributed by atoms with Gasteiger partial charge in [-0.3, -0.25) is 9.59 Å². The zero-order chi connectivity index (χ0) is 15.3. The largest absolute Gasteiger partial charge is 0.480 e. The number of carbonyl (C=O) groups excluding carboxylic acids is 1. The lowest BCUT2D eigenvalue weighted by molar-refractivity contribution is -0.173. The monoisotopic (exact) mass is 294 g/mol. The summed E-state index contributed by atoms with van der Waals surface area (Å²) in [6, 6.07) is 0. The second kappa shape index (κ2) is 6.88. The highest BCUT2D eigenvalue weighted by molar-refractivity contribution is 7.90. The lowest BCUT2D eigenvalue weighted by Crippen LogP contribution is -2.45. The van der Waals surface area contributed by atoms with E-state index in [-0.39, 0.29) is 25.2 Å². The summed E-state index contributed by atoms with van der Waals surface area (Å²) in [6.45, 7) is 4.92. The minimum atomic E-state index is -3.18. The molecular formula is C12H22O6S. The molecule has 1 unspecified atom stereocenters. The van der Waals surface area contributed by atoms with Crippen LogP contribution in [0.3, 0.4) is 0 Å². The molecule has 0 radical (unpaired) electrons. The van der Waals surface area contributed by atoms with E-state index in [9.17, 15) is 23.1 Å². The molecule has 7 heteroatoms. The van der Waals surface area contributed by atoms with Gasteiger partial charge in [0.25, 0.3) is 0 Å². The van der Waals surface area contributed by atoms with E-state index in [2.05, 4.69) is 0 Å². The van der Waals surface area contributed by atoms with Crippen molar-refractivity contribution >= 4 is 21.8 Å². The van der Waals surface area contributed by atoms with Crippen LogP contribution >= 0.6 is 0 Å². The summed E-state index contributed by atoms with van der Waals surface area (Å²) in [5, 5.41) is 9.37. The third-order valence-electron chi connectivity index (χ3n) is 3.09. The van der Waals surface area contributed by atoms with Crippen LogP contribution in [-0.2, 0) is 24.2 Å². The first-order valence-corrected chi connectivity index (χ1v) is 8.22. The lowest BCUT2D eigenvalue weighted by Gasteiger charge is -2.30. The van der Waals surface area contributed by atoms with E-state index in [4.69, 9.17) is 4.74 Å². The van der Waals surface area contributed by atoms with Gasteiger partial charge < -0.3 is 9.84 Å². The van der Waals surface area contributed by atoms with Crippen molar-refractivity contribution in [3.63, 3.8) is 0 Å². The number of carbonyl (C=O) groups is 2. The number of hydrogen-bond donors (Lipinski definition) is 1. The van der Waals surface area contributed by atoms with E-state index in [1.165, 1.54) is 0 Å². The Morgan fingerprint density at radius 2 is 1.84 bits per heavy atom. The molecule has 0 aromatic carbocycles. The van der Waals surface area contributed by atoms with Crippen LogP contribution in [0.1, 0.15) is 33.6 Å². The molecule has 0 aliphatic heterocycles. The molecule has 112 valence electrons. The smallest absolute Gasteiger partial charge is 0.323 e. The average molecular weight is 294 g/mol. The van der Waals surface area contributed by atoms with Gasteiger partial charge in [0.15, 0.2) is 5.41 Å². The molecule has 0 amide bonds. The van der Waals surface area contributed by atoms with Gasteiger partial charge in [0.1, 0.15) is 9.84 Å². The molecule has 19 heavy (non-hydrogen) atoms. The third-order valence-corrected chi connectivity index (χ3v) is 4.12. The fourth-order valence-electron chi connectivity index (χ4n) is 1.94. The van der Waals surface area contributed by atoms with E-state index in [1.807, 2.05) is 0 Å². The maximum Gasteiger partial charge on any atom is 0.323 e. The van der Waals surface area contributed by atoms with Crippen LogP contribution in [0.4, 0.5) is 0 Å². The van der Waals surface area contributed by atoms with Gasteiger partial charge in [0.2, 0.25) is 0 Å². The lowest BCUT2D eigenvalue weighted by atomic mass is 9.73. The molecule has 0 aromatic heterocycles. The summed E-state index contributed by atoms with van der Waals surface area (Å²) in [5.41, 5.74) is -1.68. The van der Waals surface area contributed by atoms with Crippen molar-refractivity contribution in [2.24, 2.45) is 11.3 Å². The molecule has 0 saturated heterocycles. The fraction of sp³-hybridized carbons (Fsp3) is 0.833. The normalized spacial score (nSPS) is 15.0. The number of ether oxygens (including phenoxy) is 1. The molecule has 0 spiro atoms. The first kappa shape index (κ1) is 17.9. The number of rotatable bonds is 8. The van der Waals surface area contributed by atoms with Gasteiger partial charge in [-0.25, -0.2) is 8.42 Å². The second-order valence-corrected chi connectivity index (χ2v) is 7.14. The van der Waals surface area contributed by atoms with Gasteiger partial charge in [-0.15, -0.1) is 0 Å². The molecule has 0 saturated carbocycles. The third kappa shape index (κ3) is 4.81. The summed E-state index contributed by atoms with van der Waals surface area (Å²) >= 11 is 0. The molecule has 0 heterocycles. The van der Waals surface area contributed by atoms with Gasteiger partial charge in [-0.05, 0) is 25.7 Å². The van der Waals surface area contributed by atoms with Crippen LogP contribution in [0.5, 0.6) is 0 Å². The fourth-order valence-corrected chi connectivity index (χ4v) is 2.61. The number of sulfone groups is 1. The van der Waals surface area contributed by atoms with E-state index in [0.717, 1.165) is 6.26 Å². The quantitative estimate of drug-likeness (QED) is 0.532. The maximum absolute atomic E-state index is 12.0. The van der Waals surface area contributed by atoms with Crippen LogP contribution in [0.25, 0.3) is 0 Å². The average Bonchev–Trinajstić information content (AvgIpc) is 2.21. The summed E-state index contributed by atoms with van der Waals surface area (Å²) in [4.78, 5) is 23.4. The highest BCUT2D eigenvalue weighted by atomic mass is 32.2. The van der Waals surface area contributed by atoms with Crippen LogP contribution in [-0.4, -0.2) is 44.1 Å². The van der Waals surface area contributed by atoms with Gasteiger partial charge in [0.05, 0.1) is 6.61 Å². The molecule has 0 aromatic rings. The number of carboxylic acids is 1. The Kier molecular flexibility index (Phi) is 6.48. The molecule has 0 aliphatic carbocycles. The van der Waals surface area contributed by atoms with Crippen molar-refractivity contribution in [1.82, 2.24) is 0 Å². The van der Waals surface area contributed by atoms with Gasteiger partial charge >= 0.3 is 11.9 Å². The molecule has 1 atom stereocenters. The van der Waals surface area contributed by atoms with E-state index in [0.29, 0.717) is 0 Å². The Morgan fingerprint density at radius 1 is 1.32 bits per heavy atom. The molecule has 0 fully saturated rings. The van der Waals surface area contributed by atoms with Crippen molar-refractivity contribution in [3.8, 4) is 0 Å². The number of esters is 1. The molecule has 6 nitrogen and oxygen atoms in total. The topological polar surface area (TPSA) is 97.7 Å². The van der Waals surface area contributed by atoms with E-state index < -0.39 is 33.1 Å². The van der Waals surface area contributed by atoms with Crippen molar-refractivity contribution < 1.29 is 27.9 Å². The Balaban J connectivity index is 5.15. The van der Waals surface area contributed by atoms with E-state index in [1.54, 1.807) is 20.8 Å². The minimum absolute atomic E-state index is 0.0497. The number of hydrogen-bond acceptors (Lipinski definition) is 5. The van der Waals surface area contributed by atoms with Crippen molar-refractivity contribution in [2.45, 2.75) is 33.6 Å². The van der Waals surface area contributed by atoms with Crippen LogP contribution in [0, 0.1) is 11.3 Å². The Labute approximate surface area is 114 Å². The van der Waals surface area contributed by atoms with Crippen molar-refractivity contribution in [3.05, 3.63) is 0 Å². The molecule has 0 rings (SSSR count). The SMILES string of the molecule is CCOC(=O)C(CCCS(C)(=O)=O)(C(=O)O)C(C)C. The van der Waals surface area contributed by atoms with Gasteiger partial charge in [-0.1, -0.05) is 13.8 Å². The maximum atomic E-state index is 12.0. The first-order chi connectivity index (χ1) is 8.58. The Bertz CT molecular complexity index is 426. The number of carboxylic acid groups (broad SMARTS) is 1. The Hall–Kier alpha value is -1.11. The zero-order valence-corrected chi connectivity index (χ0v) is 12.6. The molecule has 0 aliphatic rings. The Morgan fingerprint density at radius 3 is 2.16 bits per heavy atom. The second-order valence-electron chi connectivity index (χ2n) is 4.89. The van der Waals surface area contributed by atoms with Crippen LogP contribution in [0.2, 0.25) is 0 Å². The zero-order valence-electron chi connectivity index (χ0n) is 11.8. The molecule has 1 N–H and O–H groups in total.